The van der Waals surface area contributed by atoms with Gasteiger partial charge in [-0.3, -0.25) is 0 Å². The minimum Gasteiger partial charge on any atom is -0.460 e. The first kappa shape index (κ1) is 10.0. The molecule has 1 heterocycles. The molecule has 0 aliphatic heterocycles. The van der Waals surface area contributed by atoms with Crippen LogP contribution in [0.25, 0.3) is 0 Å². The van der Waals surface area contributed by atoms with Crippen LogP contribution < -0.4 is 0 Å². The van der Waals surface area contributed by atoms with Crippen LogP contribution in [0.1, 0.15) is 41.8 Å². The van der Waals surface area contributed by atoms with E-state index in [-0.39, 0.29) is 5.82 Å². The van der Waals surface area contributed by atoms with Crippen molar-refractivity contribution >= 4 is 5.97 Å². The molecule has 0 unspecified atom stereocenters. The summed E-state index contributed by atoms with van der Waals surface area (Å²) in [5, 5.41) is 7.78. The van der Waals surface area contributed by atoms with E-state index in [1.165, 1.54) is 0 Å². The van der Waals surface area contributed by atoms with Crippen LogP contribution in [0.5, 0.6) is 0 Å². The molecule has 2 rings (SSSR count). The summed E-state index contributed by atoms with van der Waals surface area (Å²) in [6.07, 6.45) is 4.03. The molecule has 0 amide bonds. The molecule has 5 nitrogen and oxygen atoms in total. The highest BCUT2D eigenvalue weighted by Gasteiger charge is 2.17. The van der Waals surface area contributed by atoms with Gasteiger partial charge in [-0.15, -0.1) is 5.10 Å². The highest BCUT2D eigenvalue weighted by atomic mass is 16.5. The summed E-state index contributed by atoms with van der Waals surface area (Å²) in [6.45, 7) is 2.09. The van der Waals surface area contributed by atoms with E-state index in [0.29, 0.717) is 6.61 Å². The zero-order valence-electron chi connectivity index (χ0n) is 8.69. The quantitative estimate of drug-likeness (QED) is 0.675. The Bertz CT molecular complexity index is 379. The van der Waals surface area contributed by atoms with Crippen LogP contribution in [0.4, 0.5) is 0 Å². The van der Waals surface area contributed by atoms with Gasteiger partial charge in [0.05, 0.1) is 18.0 Å². The topological polar surface area (TPSA) is 65.0 Å². The monoisotopic (exact) mass is 207 g/mol. The maximum absolute atomic E-state index is 11.3. The minimum atomic E-state index is -0.488. The van der Waals surface area contributed by atoms with Gasteiger partial charge in [0, 0.05) is 0 Å². The van der Waals surface area contributed by atoms with Gasteiger partial charge >= 0.3 is 5.97 Å². The van der Waals surface area contributed by atoms with Crippen molar-refractivity contribution in [2.45, 2.75) is 32.6 Å². The fourth-order valence-corrected chi connectivity index (χ4v) is 1.64. The van der Waals surface area contributed by atoms with Crippen LogP contribution in [0.15, 0.2) is 0 Å². The normalized spacial score (nSPS) is 14.5. The number of carbonyl (C=O) groups excluding carboxylic acids is 1. The van der Waals surface area contributed by atoms with E-state index in [0.717, 1.165) is 37.1 Å². The van der Waals surface area contributed by atoms with Crippen molar-refractivity contribution in [3.8, 4) is 0 Å². The molecule has 0 saturated heterocycles. The maximum Gasteiger partial charge on any atom is 0.378 e. The van der Waals surface area contributed by atoms with E-state index in [1.807, 2.05) is 0 Å². The van der Waals surface area contributed by atoms with Crippen molar-refractivity contribution in [3.05, 3.63) is 17.2 Å². The summed E-state index contributed by atoms with van der Waals surface area (Å²) >= 11 is 0. The number of fused-ring (bicyclic) bond motifs is 1. The van der Waals surface area contributed by atoms with Gasteiger partial charge in [0.15, 0.2) is 0 Å². The third kappa shape index (κ3) is 2.11. The van der Waals surface area contributed by atoms with Crippen LogP contribution in [0.2, 0.25) is 0 Å². The Kier molecular flexibility index (Phi) is 2.89. The molecule has 0 aromatic carbocycles. The van der Waals surface area contributed by atoms with Gasteiger partial charge in [0.1, 0.15) is 0 Å². The number of esters is 1. The molecule has 0 spiro atoms. The number of hydrogen-bond donors (Lipinski definition) is 0. The van der Waals surface area contributed by atoms with Crippen molar-refractivity contribution in [3.63, 3.8) is 0 Å². The van der Waals surface area contributed by atoms with E-state index >= 15 is 0 Å². The molecule has 0 saturated carbocycles. The zero-order chi connectivity index (χ0) is 10.7. The van der Waals surface area contributed by atoms with Crippen LogP contribution in [-0.2, 0) is 17.6 Å². The van der Waals surface area contributed by atoms with Crippen LogP contribution in [-0.4, -0.2) is 27.8 Å². The van der Waals surface area contributed by atoms with Gasteiger partial charge in [0.2, 0.25) is 0 Å². The zero-order valence-corrected chi connectivity index (χ0v) is 8.69. The smallest absolute Gasteiger partial charge is 0.378 e. The van der Waals surface area contributed by atoms with Crippen molar-refractivity contribution in [1.29, 1.82) is 0 Å². The van der Waals surface area contributed by atoms with Gasteiger partial charge in [-0.2, -0.15) is 5.10 Å². The molecule has 0 N–H and O–H groups in total. The van der Waals surface area contributed by atoms with E-state index in [1.54, 1.807) is 6.92 Å². The molecule has 1 aliphatic carbocycles. The lowest BCUT2D eigenvalue weighted by atomic mass is 10.0. The van der Waals surface area contributed by atoms with Crippen LogP contribution in [0, 0.1) is 0 Å². The summed E-state index contributed by atoms with van der Waals surface area (Å²) in [5.74, 6) is -0.407. The molecule has 1 aromatic rings. The van der Waals surface area contributed by atoms with Gasteiger partial charge in [-0.1, -0.05) is 0 Å². The Hall–Kier alpha value is -1.52. The average Bonchev–Trinajstić information content (AvgIpc) is 2.29. The lowest BCUT2D eigenvalue weighted by Crippen LogP contribution is -2.16. The lowest BCUT2D eigenvalue weighted by Gasteiger charge is -2.12. The number of aromatic nitrogens is 3. The van der Waals surface area contributed by atoms with E-state index in [2.05, 4.69) is 15.2 Å². The molecule has 1 aliphatic rings. The largest absolute Gasteiger partial charge is 0.460 e. The van der Waals surface area contributed by atoms with Gasteiger partial charge in [0.25, 0.3) is 5.82 Å². The molecule has 0 bridgehead atoms. The Morgan fingerprint density at radius 3 is 2.73 bits per heavy atom. The molecular weight excluding hydrogens is 194 g/mol. The molecule has 0 fully saturated rings. The molecule has 5 heteroatoms. The van der Waals surface area contributed by atoms with E-state index in [9.17, 15) is 4.79 Å². The first-order chi connectivity index (χ1) is 7.31. The molecule has 15 heavy (non-hydrogen) atoms. The van der Waals surface area contributed by atoms with E-state index in [4.69, 9.17) is 4.74 Å². The standard InChI is InChI=1S/C10H13N3O2/c1-2-15-10(14)9-11-7-5-3-4-6-8(7)12-13-9/h2-6H2,1H3. The molecule has 80 valence electrons. The van der Waals surface area contributed by atoms with Gasteiger partial charge in [-0.25, -0.2) is 9.78 Å². The number of ether oxygens (including phenoxy) is 1. The van der Waals surface area contributed by atoms with Gasteiger partial charge in [-0.05, 0) is 32.6 Å². The van der Waals surface area contributed by atoms with Crippen molar-refractivity contribution in [2.75, 3.05) is 6.61 Å². The highest BCUT2D eigenvalue weighted by Crippen LogP contribution is 2.16. The number of nitrogens with zero attached hydrogens (tertiary/aromatic N) is 3. The Morgan fingerprint density at radius 1 is 1.27 bits per heavy atom. The average molecular weight is 207 g/mol. The summed E-state index contributed by atoms with van der Waals surface area (Å²) in [5.41, 5.74) is 1.83. The van der Waals surface area contributed by atoms with Crippen molar-refractivity contribution in [2.24, 2.45) is 0 Å². The molecule has 0 radical (unpaired) electrons. The molecule has 1 aromatic heterocycles. The molecule has 0 atom stereocenters. The van der Waals surface area contributed by atoms with Crippen molar-refractivity contribution in [1.82, 2.24) is 15.2 Å². The second-order valence-electron chi connectivity index (χ2n) is 3.46. The van der Waals surface area contributed by atoms with Crippen molar-refractivity contribution < 1.29 is 9.53 Å². The summed E-state index contributed by atoms with van der Waals surface area (Å²) in [4.78, 5) is 15.5. The summed E-state index contributed by atoms with van der Waals surface area (Å²) < 4.78 is 4.82. The SMILES string of the molecule is CCOC(=O)c1nnc2c(n1)CCCC2. The second-order valence-corrected chi connectivity index (χ2v) is 3.46. The lowest BCUT2D eigenvalue weighted by molar-refractivity contribution is 0.0509. The first-order valence-corrected chi connectivity index (χ1v) is 5.21. The van der Waals surface area contributed by atoms with Crippen LogP contribution >= 0.6 is 0 Å². The maximum atomic E-state index is 11.3. The first-order valence-electron chi connectivity index (χ1n) is 5.21. The predicted molar refractivity (Wildman–Crippen MR) is 52.4 cm³/mol. The van der Waals surface area contributed by atoms with Crippen LogP contribution in [0.3, 0.4) is 0 Å². The Morgan fingerprint density at radius 2 is 2.00 bits per heavy atom. The fourth-order valence-electron chi connectivity index (χ4n) is 1.64. The Labute approximate surface area is 87.9 Å². The number of rotatable bonds is 2. The Balaban J connectivity index is 2.24. The predicted octanol–water partition coefficient (Wildman–Crippen LogP) is 0.927. The summed E-state index contributed by atoms with van der Waals surface area (Å²) in [7, 11) is 0. The number of hydrogen-bond acceptors (Lipinski definition) is 5. The fraction of sp³-hybridized carbons (Fsp3) is 0.600. The second kappa shape index (κ2) is 4.33. The molecular formula is C10H13N3O2. The third-order valence-corrected chi connectivity index (χ3v) is 2.37. The minimum absolute atomic E-state index is 0.0810. The summed E-state index contributed by atoms with van der Waals surface area (Å²) in [6, 6.07) is 0. The highest BCUT2D eigenvalue weighted by molar-refractivity contribution is 5.84. The number of carbonyl (C=O) groups is 1. The number of aryl methyl sites for hydroxylation is 2. The van der Waals surface area contributed by atoms with Gasteiger partial charge < -0.3 is 4.74 Å². The van der Waals surface area contributed by atoms with E-state index < -0.39 is 5.97 Å². The third-order valence-electron chi connectivity index (χ3n) is 2.37.